The summed E-state index contributed by atoms with van der Waals surface area (Å²) in [5.41, 5.74) is 1.27. The molecule has 18 heavy (non-hydrogen) atoms. The third-order valence-corrected chi connectivity index (χ3v) is 3.62. The Balaban J connectivity index is 1.77. The highest BCUT2D eigenvalue weighted by atomic mass is 16.5. The normalized spacial score (nSPS) is 20.2. The first-order chi connectivity index (χ1) is 8.79. The highest BCUT2D eigenvalue weighted by Gasteiger charge is 2.19. The van der Waals surface area contributed by atoms with E-state index in [2.05, 4.69) is 35.3 Å². The maximum absolute atomic E-state index is 5.83. The summed E-state index contributed by atoms with van der Waals surface area (Å²) < 4.78 is 5.83. The number of likely N-dealkylation sites (tertiary alicyclic amines) is 1. The van der Waals surface area contributed by atoms with Crippen molar-refractivity contribution in [3.05, 3.63) is 29.8 Å². The zero-order chi connectivity index (χ0) is 12.8. The lowest BCUT2D eigenvalue weighted by molar-refractivity contribution is 0.204. The largest absolute Gasteiger partial charge is 0.492 e. The van der Waals surface area contributed by atoms with Crippen LogP contribution in [0.1, 0.15) is 25.3 Å². The van der Waals surface area contributed by atoms with Crippen molar-refractivity contribution < 1.29 is 4.74 Å². The Labute approximate surface area is 110 Å². The average Bonchev–Trinajstić information content (AvgIpc) is 2.76. The Morgan fingerprint density at radius 1 is 1.44 bits per heavy atom. The van der Waals surface area contributed by atoms with Gasteiger partial charge in [0.2, 0.25) is 0 Å². The molecule has 3 heteroatoms. The van der Waals surface area contributed by atoms with Crippen molar-refractivity contribution >= 4 is 0 Å². The minimum Gasteiger partial charge on any atom is -0.492 e. The predicted octanol–water partition coefficient (Wildman–Crippen LogP) is 2.27. The SMILES string of the molecule is CNCc1cccc(OCCN2CCCC2C)c1. The molecule has 1 fully saturated rings. The van der Waals surface area contributed by atoms with Crippen LogP contribution in [0.15, 0.2) is 24.3 Å². The van der Waals surface area contributed by atoms with Crippen molar-refractivity contribution in [3.63, 3.8) is 0 Å². The van der Waals surface area contributed by atoms with Gasteiger partial charge in [-0.15, -0.1) is 0 Å². The average molecular weight is 248 g/mol. The van der Waals surface area contributed by atoms with E-state index in [4.69, 9.17) is 4.74 Å². The van der Waals surface area contributed by atoms with Gasteiger partial charge >= 0.3 is 0 Å². The van der Waals surface area contributed by atoms with Gasteiger partial charge < -0.3 is 10.1 Å². The number of benzene rings is 1. The fraction of sp³-hybridized carbons (Fsp3) is 0.600. The standard InChI is InChI=1S/C15H24N2O/c1-13-5-4-8-17(13)9-10-18-15-7-3-6-14(11-15)12-16-2/h3,6-7,11,13,16H,4-5,8-10,12H2,1-2H3. The Kier molecular flexibility index (Phi) is 5.02. The van der Waals surface area contributed by atoms with E-state index in [1.54, 1.807) is 0 Å². The molecular formula is C15H24N2O. The highest BCUT2D eigenvalue weighted by molar-refractivity contribution is 5.28. The van der Waals surface area contributed by atoms with Crippen molar-refractivity contribution in [1.82, 2.24) is 10.2 Å². The molecular weight excluding hydrogens is 224 g/mol. The van der Waals surface area contributed by atoms with Gasteiger partial charge in [0.25, 0.3) is 0 Å². The molecule has 0 spiro atoms. The lowest BCUT2D eigenvalue weighted by Crippen LogP contribution is -2.31. The number of rotatable bonds is 6. The Morgan fingerprint density at radius 2 is 2.33 bits per heavy atom. The summed E-state index contributed by atoms with van der Waals surface area (Å²) in [6, 6.07) is 9.05. The smallest absolute Gasteiger partial charge is 0.119 e. The molecule has 1 aliphatic heterocycles. The molecule has 2 rings (SSSR count). The topological polar surface area (TPSA) is 24.5 Å². The molecule has 0 aliphatic carbocycles. The second-order valence-electron chi connectivity index (χ2n) is 5.05. The van der Waals surface area contributed by atoms with Crippen molar-refractivity contribution in [2.45, 2.75) is 32.4 Å². The summed E-state index contributed by atoms with van der Waals surface area (Å²) in [7, 11) is 1.96. The van der Waals surface area contributed by atoms with Crippen LogP contribution in [0.2, 0.25) is 0 Å². The van der Waals surface area contributed by atoms with Crippen molar-refractivity contribution in [3.8, 4) is 5.75 Å². The van der Waals surface area contributed by atoms with Crippen LogP contribution >= 0.6 is 0 Å². The van der Waals surface area contributed by atoms with Gasteiger partial charge in [0, 0.05) is 19.1 Å². The second kappa shape index (κ2) is 6.76. The predicted molar refractivity (Wildman–Crippen MR) is 75.0 cm³/mol. The van der Waals surface area contributed by atoms with Gasteiger partial charge in [-0.3, -0.25) is 4.90 Å². The third kappa shape index (κ3) is 3.72. The molecule has 0 bridgehead atoms. The van der Waals surface area contributed by atoms with Gasteiger partial charge in [0.1, 0.15) is 12.4 Å². The molecule has 1 unspecified atom stereocenters. The molecule has 0 saturated carbocycles. The van der Waals surface area contributed by atoms with Crippen LogP contribution in [0.4, 0.5) is 0 Å². The van der Waals surface area contributed by atoms with Gasteiger partial charge in [0.05, 0.1) is 0 Å². The zero-order valence-corrected chi connectivity index (χ0v) is 11.5. The highest BCUT2D eigenvalue weighted by Crippen LogP contribution is 2.17. The molecule has 3 nitrogen and oxygen atoms in total. The molecule has 1 saturated heterocycles. The summed E-state index contributed by atoms with van der Waals surface area (Å²) in [5, 5.41) is 3.15. The molecule has 1 atom stereocenters. The molecule has 1 N–H and O–H groups in total. The van der Waals surface area contributed by atoms with E-state index in [0.717, 1.165) is 31.5 Å². The molecule has 1 aliphatic rings. The molecule has 1 aromatic carbocycles. The second-order valence-corrected chi connectivity index (χ2v) is 5.05. The van der Waals surface area contributed by atoms with Gasteiger partial charge in [-0.25, -0.2) is 0 Å². The van der Waals surface area contributed by atoms with E-state index in [1.807, 2.05) is 13.1 Å². The van der Waals surface area contributed by atoms with Gasteiger partial charge in [-0.2, -0.15) is 0 Å². The van der Waals surface area contributed by atoms with Gasteiger partial charge in [-0.1, -0.05) is 12.1 Å². The van der Waals surface area contributed by atoms with E-state index in [-0.39, 0.29) is 0 Å². The molecule has 1 aromatic rings. The number of ether oxygens (including phenoxy) is 1. The van der Waals surface area contributed by atoms with E-state index in [0.29, 0.717) is 0 Å². The summed E-state index contributed by atoms with van der Waals surface area (Å²) >= 11 is 0. The fourth-order valence-corrected chi connectivity index (χ4v) is 2.56. The van der Waals surface area contributed by atoms with E-state index >= 15 is 0 Å². The van der Waals surface area contributed by atoms with Crippen molar-refractivity contribution in [1.29, 1.82) is 0 Å². The first kappa shape index (κ1) is 13.4. The summed E-state index contributed by atoms with van der Waals surface area (Å²) in [5.74, 6) is 0.981. The maximum Gasteiger partial charge on any atom is 0.119 e. The van der Waals surface area contributed by atoms with E-state index < -0.39 is 0 Å². The maximum atomic E-state index is 5.83. The van der Waals surface area contributed by atoms with Crippen molar-refractivity contribution in [2.75, 3.05) is 26.7 Å². The van der Waals surface area contributed by atoms with Gasteiger partial charge in [0.15, 0.2) is 0 Å². The van der Waals surface area contributed by atoms with Crippen LogP contribution in [-0.2, 0) is 6.54 Å². The first-order valence-corrected chi connectivity index (χ1v) is 6.90. The molecule has 1 heterocycles. The molecule has 100 valence electrons. The van der Waals surface area contributed by atoms with Crippen molar-refractivity contribution in [2.24, 2.45) is 0 Å². The Hall–Kier alpha value is -1.06. The quantitative estimate of drug-likeness (QED) is 0.836. The fourth-order valence-electron chi connectivity index (χ4n) is 2.56. The number of nitrogens with one attached hydrogen (secondary N) is 1. The summed E-state index contributed by atoms with van der Waals surface area (Å²) in [6.45, 7) is 6.25. The van der Waals surface area contributed by atoms with E-state index in [1.165, 1.54) is 24.9 Å². The third-order valence-electron chi connectivity index (χ3n) is 3.62. The minimum absolute atomic E-state index is 0.726. The van der Waals surface area contributed by atoms with Crippen LogP contribution in [-0.4, -0.2) is 37.7 Å². The number of hydrogen-bond acceptors (Lipinski definition) is 3. The van der Waals surface area contributed by atoms with E-state index in [9.17, 15) is 0 Å². The Morgan fingerprint density at radius 3 is 3.06 bits per heavy atom. The first-order valence-electron chi connectivity index (χ1n) is 6.90. The van der Waals surface area contributed by atoms with Crippen LogP contribution in [0, 0.1) is 0 Å². The lowest BCUT2D eigenvalue weighted by atomic mass is 10.2. The monoisotopic (exact) mass is 248 g/mol. The van der Waals surface area contributed by atoms with Crippen LogP contribution in [0.25, 0.3) is 0 Å². The van der Waals surface area contributed by atoms with Crippen LogP contribution in [0.3, 0.4) is 0 Å². The number of nitrogens with zero attached hydrogens (tertiary/aromatic N) is 1. The summed E-state index contributed by atoms with van der Waals surface area (Å²) in [4.78, 5) is 2.51. The summed E-state index contributed by atoms with van der Waals surface area (Å²) in [6.07, 6.45) is 2.66. The minimum atomic E-state index is 0.726. The van der Waals surface area contributed by atoms with Crippen LogP contribution < -0.4 is 10.1 Å². The van der Waals surface area contributed by atoms with Gasteiger partial charge in [-0.05, 0) is 51.1 Å². The van der Waals surface area contributed by atoms with Crippen LogP contribution in [0.5, 0.6) is 5.75 Å². The zero-order valence-electron chi connectivity index (χ0n) is 11.5. The molecule has 0 radical (unpaired) electrons. The Bertz CT molecular complexity index is 367. The molecule has 0 aromatic heterocycles. The number of hydrogen-bond donors (Lipinski definition) is 1. The molecule has 0 amide bonds. The lowest BCUT2D eigenvalue weighted by Gasteiger charge is -2.20.